The van der Waals surface area contributed by atoms with Gasteiger partial charge in [0.1, 0.15) is 0 Å². The van der Waals surface area contributed by atoms with Crippen LogP contribution in [0, 0.1) is 5.92 Å². The zero-order valence-electron chi connectivity index (χ0n) is 10.9. The van der Waals surface area contributed by atoms with E-state index >= 15 is 0 Å². The quantitative estimate of drug-likeness (QED) is 0.803. The maximum absolute atomic E-state index is 12.8. The summed E-state index contributed by atoms with van der Waals surface area (Å²) < 4.78 is 64.6. The highest BCUT2D eigenvalue weighted by atomic mass is 79.9. The third-order valence-electron chi connectivity index (χ3n) is 2.67. The molecule has 1 aromatic carbocycles. The lowest BCUT2D eigenvalue weighted by Gasteiger charge is -2.17. The van der Waals surface area contributed by atoms with Crippen LogP contribution in [-0.2, 0) is 16.2 Å². The average Bonchev–Trinajstić information content (AvgIpc) is 2.35. The molecule has 0 aliphatic carbocycles. The molecule has 0 bridgehead atoms. The van der Waals surface area contributed by atoms with Gasteiger partial charge in [-0.3, -0.25) is 0 Å². The molecule has 0 aliphatic heterocycles. The second kappa shape index (κ2) is 6.44. The van der Waals surface area contributed by atoms with Crippen molar-refractivity contribution < 1.29 is 21.6 Å². The van der Waals surface area contributed by atoms with Gasteiger partial charge in [-0.2, -0.15) is 13.2 Å². The maximum Gasteiger partial charge on any atom is 0.417 e. The summed E-state index contributed by atoms with van der Waals surface area (Å²) in [6, 6.07) is 4.12. The normalized spacial score (nSPS) is 14.6. The van der Waals surface area contributed by atoms with Crippen LogP contribution >= 0.6 is 15.9 Å². The fourth-order valence-corrected chi connectivity index (χ4v) is 3.10. The van der Waals surface area contributed by atoms with Gasteiger partial charge >= 0.3 is 6.18 Å². The Bertz CT molecular complexity index is 558. The summed E-state index contributed by atoms with van der Waals surface area (Å²) in [5, 5.41) is 0. The van der Waals surface area contributed by atoms with Crippen LogP contribution in [0.3, 0.4) is 0 Å². The Hall–Kier alpha value is -0.600. The standard InChI is InChI=1S/C12H15BrF3NO2S/c1-8(2)10(13)7-17-20(18,19)11-6-4-3-5-9(11)12(14,15)16/h3-6,8,10,17H,7H2,1-2H3. The third kappa shape index (κ3) is 4.46. The Kier molecular flexibility index (Phi) is 5.62. The maximum atomic E-state index is 12.8. The van der Waals surface area contributed by atoms with Gasteiger partial charge in [-0.25, -0.2) is 13.1 Å². The van der Waals surface area contributed by atoms with Gasteiger partial charge in [0.15, 0.2) is 0 Å². The van der Waals surface area contributed by atoms with Gasteiger partial charge in [0, 0.05) is 11.4 Å². The van der Waals surface area contributed by atoms with Crippen molar-refractivity contribution in [2.24, 2.45) is 5.92 Å². The van der Waals surface area contributed by atoms with Crippen LogP contribution in [0.4, 0.5) is 13.2 Å². The SMILES string of the molecule is CC(C)C(Br)CNS(=O)(=O)c1ccccc1C(F)(F)F. The Labute approximate surface area is 124 Å². The minimum absolute atomic E-state index is 0.0200. The van der Waals surface area contributed by atoms with Gasteiger partial charge in [-0.05, 0) is 18.1 Å². The van der Waals surface area contributed by atoms with Crippen LogP contribution in [0.15, 0.2) is 29.2 Å². The first-order valence-corrected chi connectivity index (χ1v) is 8.25. The second-order valence-electron chi connectivity index (χ2n) is 4.61. The number of benzene rings is 1. The fraction of sp³-hybridized carbons (Fsp3) is 0.500. The number of nitrogens with one attached hydrogen (secondary N) is 1. The molecule has 0 heterocycles. The van der Waals surface area contributed by atoms with Crippen molar-refractivity contribution >= 4 is 26.0 Å². The van der Waals surface area contributed by atoms with E-state index in [9.17, 15) is 21.6 Å². The fourth-order valence-electron chi connectivity index (χ4n) is 1.44. The first-order valence-electron chi connectivity index (χ1n) is 5.85. The molecule has 0 fully saturated rings. The third-order valence-corrected chi connectivity index (χ3v) is 5.54. The molecule has 1 N–H and O–H groups in total. The molecule has 114 valence electrons. The molecular formula is C12H15BrF3NO2S. The van der Waals surface area contributed by atoms with E-state index in [1.54, 1.807) is 0 Å². The monoisotopic (exact) mass is 373 g/mol. The zero-order chi connectivity index (χ0) is 15.6. The van der Waals surface area contributed by atoms with E-state index in [-0.39, 0.29) is 17.3 Å². The van der Waals surface area contributed by atoms with E-state index in [0.717, 1.165) is 18.2 Å². The van der Waals surface area contributed by atoms with Gasteiger partial charge in [-0.1, -0.05) is 41.9 Å². The van der Waals surface area contributed by atoms with Crippen molar-refractivity contribution in [3.05, 3.63) is 29.8 Å². The molecule has 8 heteroatoms. The van der Waals surface area contributed by atoms with Crippen LogP contribution in [0.2, 0.25) is 0 Å². The van der Waals surface area contributed by atoms with Gasteiger partial charge in [0.25, 0.3) is 0 Å². The molecular weight excluding hydrogens is 359 g/mol. The van der Waals surface area contributed by atoms with Gasteiger partial charge in [0.2, 0.25) is 10.0 Å². The predicted molar refractivity (Wildman–Crippen MR) is 74.2 cm³/mol. The number of hydrogen-bond donors (Lipinski definition) is 1. The second-order valence-corrected chi connectivity index (χ2v) is 7.52. The summed E-state index contributed by atoms with van der Waals surface area (Å²) in [6.07, 6.45) is -4.71. The topological polar surface area (TPSA) is 46.2 Å². The van der Waals surface area contributed by atoms with Crippen molar-refractivity contribution in [3.63, 3.8) is 0 Å². The largest absolute Gasteiger partial charge is 0.417 e. The Morgan fingerprint density at radius 3 is 2.30 bits per heavy atom. The number of sulfonamides is 1. The molecule has 3 nitrogen and oxygen atoms in total. The van der Waals surface area contributed by atoms with Crippen LogP contribution in [0.25, 0.3) is 0 Å². The molecule has 0 radical (unpaired) electrons. The number of rotatable bonds is 5. The Morgan fingerprint density at radius 1 is 1.25 bits per heavy atom. The van der Waals surface area contributed by atoms with Crippen LogP contribution in [0.1, 0.15) is 19.4 Å². The molecule has 1 unspecified atom stereocenters. The lowest BCUT2D eigenvalue weighted by atomic mass is 10.1. The number of hydrogen-bond acceptors (Lipinski definition) is 2. The summed E-state index contributed by atoms with van der Waals surface area (Å²) in [5.74, 6) is 0.149. The number of alkyl halides is 4. The van der Waals surface area contributed by atoms with E-state index in [4.69, 9.17) is 0 Å². The minimum Gasteiger partial charge on any atom is -0.210 e. The molecule has 0 spiro atoms. The molecule has 0 amide bonds. The summed E-state index contributed by atoms with van der Waals surface area (Å²) in [4.78, 5) is -0.911. The van der Waals surface area contributed by atoms with Crippen molar-refractivity contribution in [2.75, 3.05) is 6.54 Å². The van der Waals surface area contributed by atoms with Crippen LogP contribution in [0.5, 0.6) is 0 Å². The van der Waals surface area contributed by atoms with E-state index < -0.39 is 26.7 Å². The van der Waals surface area contributed by atoms with E-state index in [2.05, 4.69) is 20.7 Å². The molecule has 1 aromatic rings. The van der Waals surface area contributed by atoms with Gasteiger partial charge in [-0.15, -0.1) is 0 Å². The highest BCUT2D eigenvalue weighted by Gasteiger charge is 2.36. The minimum atomic E-state index is -4.71. The van der Waals surface area contributed by atoms with Gasteiger partial charge in [0.05, 0.1) is 10.5 Å². The molecule has 0 aromatic heterocycles. The lowest BCUT2D eigenvalue weighted by Crippen LogP contribution is -2.33. The molecule has 1 atom stereocenters. The van der Waals surface area contributed by atoms with Crippen molar-refractivity contribution in [3.8, 4) is 0 Å². The summed E-state index contributed by atoms with van der Waals surface area (Å²) in [6.45, 7) is 3.76. The highest BCUT2D eigenvalue weighted by Crippen LogP contribution is 2.33. The summed E-state index contributed by atoms with van der Waals surface area (Å²) in [7, 11) is -4.20. The van der Waals surface area contributed by atoms with Crippen LogP contribution < -0.4 is 4.72 Å². The van der Waals surface area contributed by atoms with E-state index in [0.29, 0.717) is 0 Å². The summed E-state index contributed by atoms with van der Waals surface area (Å²) in [5.41, 5.74) is -1.16. The highest BCUT2D eigenvalue weighted by molar-refractivity contribution is 9.09. The lowest BCUT2D eigenvalue weighted by molar-refractivity contribution is -0.139. The van der Waals surface area contributed by atoms with Gasteiger partial charge < -0.3 is 0 Å². The van der Waals surface area contributed by atoms with E-state index in [1.165, 1.54) is 6.07 Å². The zero-order valence-corrected chi connectivity index (χ0v) is 13.3. The summed E-state index contributed by atoms with van der Waals surface area (Å²) >= 11 is 3.28. The van der Waals surface area contributed by atoms with Crippen LogP contribution in [-0.4, -0.2) is 19.8 Å². The van der Waals surface area contributed by atoms with Crippen molar-refractivity contribution in [1.82, 2.24) is 4.72 Å². The molecule has 0 aliphatic rings. The first kappa shape index (κ1) is 17.5. The van der Waals surface area contributed by atoms with Crippen molar-refractivity contribution in [1.29, 1.82) is 0 Å². The number of halogens is 4. The average molecular weight is 374 g/mol. The van der Waals surface area contributed by atoms with E-state index in [1.807, 2.05) is 13.8 Å². The smallest absolute Gasteiger partial charge is 0.210 e. The molecule has 0 saturated heterocycles. The Morgan fingerprint density at radius 2 is 1.80 bits per heavy atom. The predicted octanol–water partition coefficient (Wildman–Crippen LogP) is 3.40. The van der Waals surface area contributed by atoms with Crippen molar-refractivity contribution in [2.45, 2.75) is 29.7 Å². The first-order chi connectivity index (χ1) is 9.05. The molecule has 0 saturated carbocycles. The Balaban J connectivity index is 3.05. The molecule has 20 heavy (non-hydrogen) atoms. The molecule has 1 rings (SSSR count).